The van der Waals surface area contributed by atoms with Crippen LogP contribution in [-0.2, 0) is 12.8 Å². The minimum absolute atomic E-state index is 0.125. The highest BCUT2D eigenvalue weighted by Crippen LogP contribution is 2.40. The molecule has 0 aliphatic heterocycles. The van der Waals surface area contributed by atoms with Crippen molar-refractivity contribution in [3.63, 3.8) is 0 Å². The Morgan fingerprint density at radius 2 is 1.81 bits per heavy atom. The van der Waals surface area contributed by atoms with Crippen LogP contribution in [0.1, 0.15) is 39.1 Å². The van der Waals surface area contributed by atoms with Gasteiger partial charge in [-0.2, -0.15) is 0 Å². The molecule has 1 aliphatic carbocycles. The van der Waals surface area contributed by atoms with E-state index < -0.39 is 0 Å². The van der Waals surface area contributed by atoms with Crippen molar-refractivity contribution in [1.29, 1.82) is 0 Å². The number of hydrogen-bond donors (Lipinski definition) is 0. The van der Waals surface area contributed by atoms with Gasteiger partial charge in [0.15, 0.2) is 11.5 Å². The minimum Gasteiger partial charge on any atom is -0.493 e. The van der Waals surface area contributed by atoms with Crippen LogP contribution in [0, 0.1) is 0 Å². The van der Waals surface area contributed by atoms with E-state index in [4.69, 9.17) is 21.1 Å². The maximum atomic E-state index is 6.69. The number of halogens is 1. The maximum Gasteiger partial charge on any atom is 0.161 e. The molecule has 1 aromatic heterocycles. The van der Waals surface area contributed by atoms with Crippen molar-refractivity contribution in [2.24, 2.45) is 0 Å². The average molecular weight is 323 g/mol. The zero-order chi connectivity index (χ0) is 14.8. The van der Waals surface area contributed by atoms with E-state index in [0.29, 0.717) is 0 Å². The predicted molar refractivity (Wildman–Crippen MR) is 88.2 cm³/mol. The van der Waals surface area contributed by atoms with Gasteiger partial charge >= 0.3 is 0 Å². The van der Waals surface area contributed by atoms with Crippen molar-refractivity contribution in [2.45, 2.75) is 31.1 Å². The van der Waals surface area contributed by atoms with Gasteiger partial charge in [-0.1, -0.05) is 6.07 Å². The number of fused-ring (bicyclic) bond motifs is 1. The molecule has 1 unspecified atom stereocenters. The predicted octanol–water partition coefficient (Wildman–Crippen LogP) is 4.97. The van der Waals surface area contributed by atoms with Crippen LogP contribution < -0.4 is 9.47 Å². The number of benzene rings is 1. The highest BCUT2D eigenvalue weighted by Gasteiger charge is 2.20. The van der Waals surface area contributed by atoms with E-state index >= 15 is 0 Å². The van der Waals surface area contributed by atoms with Crippen LogP contribution >= 0.6 is 22.9 Å². The quantitative estimate of drug-likeness (QED) is 0.740. The van der Waals surface area contributed by atoms with Gasteiger partial charge in [0.2, 0.25) is 0 Å². The SMILES string of the molecule is COc1ccc(C(Cl)c2cc3c(s2)CCCC3)cc1OC. The van der Waals surface area contributed by atoms with E-state index in [1.165, 1.54) is 41.0 Å². The first-order valence-electron chi connectivity index (χ1n) is 7.20. The lowest BCUT2D eigenvalue weighted by Gasteiger charge is -2.12. The van der Waals surface area contributed by atoms with Gasteiger partial charge in [-0.3, -0.25) is 0 Å². The average Bonchev–Trinajstić information content (AvgIpc) is 2.97. The Kier molecular flexibility index (Phi) is 4.41. The normalized spacial score (nSPS) is 15.4. The molecule has 1 heterocycles. The Labute approximate surface area is 134 Å². The van der Waals surface area contributed by atoms with E-state index in [2.05, 4.69) is 6.07 Å². The Morgan fingerprint density at radius 1 is 1.05 bits per heavy atom. The number of alkyl halides is 1. The summed E-state index contributed by atoms with van der Waals surface area (Å²) in [7, 11) is 3.29. The first-order valence-corrected chi connectivity index (χ1v) is 8.45. The second kappa shape index (κ2) is 6.29. The summed E-state index contributed by atoms with van der Waals surface area (Å²) in [6, 6.07) is 8.18. The Morgan fingerprint density at radius 3 is 2.52 bits per heavy atom. The van der Waals surface area contributed by atoms with Crippen molar-refractivity contribution < 1.29 is 9.47 Å². The third kappa shape index (κ3) is 2.90. The lowest BCUT2D eigenvalue weighted by atomic mass is 9.98. The molecule has 0 saturated carbocycles. The molecule has 21 heavy (non-hydrogen) atoms. The van der Waals surface area contributed by atoms with Gasteiger partial charge in [0.05, 0.1) is 19.6 Å². The standard InChI is InChI=1S/C17H19ClO2S/c1-19-13-8-7-12(9-14(13)20-2)17(18)16-10-11-5-3-4-6-15(11)21-16/h7-10,17H,3-6H2,1-2H3. The number of methoxy groups -OCH3 is 2. The van der Waals surface area contributed by atoms with Crippen LogP contribution in [0.3, 0.4) is 0 Å². The fraction of sp³-hybridized carbons (Fsp3) is 0.412. The molecule has 3 rings (SSSR count). The first-order chi connectivity index (χ1) is 10.2. The van der Waals surface area contributed by atoms with Crippen LogP contribution in [0.25, 0.3) is 0 Å². The number of rotatable bonds is 4. The van der Waals surface area contributed by atoms with Crippen LogP contribution in [0.4, 0.5) is 0 Å². The Hall–Kier alpha value is -1.19. The molecule has 0 spiro atoms. The molecule has 1 atom stereocenters. The van der Waals surface area contributed by atoms with E-state index in [-0.39, 0.29) is 5.38 Å². The van der Waals surface area contributed by atoms with Crippen molar-refractivity contribution in [1.82, 2.24) is 0 Å². The molecule has 4 heteroatoms. The minimum atomic E-state index is -0.125. The largest absolute Gasteiger partial charge is 0.493 e. The van der Waals surface area contributed by atoms with Gasteiger partial charge in [0.1, 0.15) is 0 Å². The smallest absolute Gasteiger partial charge is 0.161 e. The molecule has 112 valence electrons. The fourth-order valence-corrected chi connectivity index (χ4v) is 4.41. The van der Waals surface area contributed by atoms with E-state index in [9.17, 15) is 0 Å². The number of aryl methyl sites for hydroxylation is 2. The van der Waals surface area contributed by atoms with Gasteiger partial charge in [-0.05, 0) is 55.0 Å². The summed E-state index contributed by atoms with van der Waals surface area (Å²) < 4.78 is 10.6. The highest BCUT2D eigenvalue weighted by atomic mass is 35.5. The Balaban J connectivity index is 1.90. The molecule has 1 aromatic carbocycles. The van der Waals surface area contributed by atoms with Crippen molar-refractivity contribution in [2.75, 3.05) is 14.2 Å². The summed E-state index contributed by atoms with van der Waals surface area (Å²) in [5.41, 5.74) is 2.54. The van der Waals surface area contributed by atoms with E-state index in [1.54, 1.807) is 14.2 Å². The van der Waals surface area contributed by atoms with E-state index in [0.717, 1.165) is 17.1 Å². The van der Waals surface area contributed by atoms with Crippen molar-refractivity contribution in [3.8, 4) is 11.5 Å². The molecule has 2 nitrogen and oxygen atoms in total. The fourth-order valence-electron chi connectivity index (χ4n) is 2.81. The number of hydrogen-bond acceptors (Lipinski definition) is 3. The van der Waals surface area contributed by atoms with Gasteiger partial charge < -0.3 is 9.47 Å². The summed E-state index contributed by atoms with van der Waals surface area (Å²) in [6.07, 6.45) is 5.00. The Bertz CT molecular complexity index is 612. The molecule has 0 fully saturated rings. The number of thiophene rings is 1. The van der Waals surface area contributed by atoms with Crippen molar-refractivity contribution >= 4 is 22.9 Å². The summed E-state index contributed by atoms with van der Waals surface area (Å²) in [5.74, 6) is 1.46. The molecule has 0 saturated heterocycles. The highest BCUT2D eigenvalue weighted by molar-refractivity contribution is 7.12. The monoisotopic (exact) mass is 322 g/mol. The number of ether oxygens (including phenoxy) is 2. The van der Waals surface area contributed by atoms with Gasteiger partial charge in [0, 0.05) is 9.75 Å². The molecular formula is C17H19ClO2S. The molecule has 1 aliphatic rings. The second-order valence-corrected chi connectivity index (χ2v) is 6.89. The van der Waals surface area contributed by atoms with Crippen LogP contribution in [-0.4, -0.2) is 14.2 Å². The zero-order valence-electron chi connectivity index (χ0n) is 12.3. The van der Waals surface area contributed by atoms with E-state index in [1.807, 2.05) is 29.5 Å². The van der Waals surface area contributed by atoms with Gasteiger partial charge in [-0.15, -0.1) is 22.9 Å². The lowest BCUT2D eigenvalue weighted by molar-refractivity contribution is 0.354. The summed E-state index contributed by atoms with van der Waals surface area (Å²) in [5, 5.41) is -0.125. The molecule has 0 N–H and O–H groups in total. The van der Waals surface area contributed by atoms with Gasteiger partial charge in [-0.25, -0.2) is 0 Å². The molecule has 2 aromatic rings. The molecule has 0 bridgehead atoms. The lowest BCUT2D eigenvalue weighted by Crippen LogP contribution is -1.96. The van der Waals surface area contributed by atoms with Crippen LogP contribution in [0.5, 0.6) is 11.5 Å². The summed E-state index contributed by atoms with van der Waals surface area (Å²) in [6.45, 7) is 0. The van der Waals surface area contributed by atoms with Crippen LogP contribution in [0.2, 0.25) is 0 Å². The topological polar surface area (TPSA) is 18.5 Å². The molecule has 0 amide bonds. The maximum absolute atomic E-state index is 6.69. The molecule has 0 radical (unpaired) electrons. The second-order valence-electron chi connectivity index (χ2n) is 5.28. The van der Waals surface area contributed by atoms with Gasteiger partial charge in [0.25, 0.3) is 0 Å². The molecular weight excluding hydrogens is 304 g/mol. The van der Waals surface area contributed by atoms with Crippen molar-refractivity contribution in [3.05, 3.63) is 45.1 Å². The third-order valence-corrected chi connectivity index (χ3v) is 5.88. The third-order valence-electron chi connectivity index (χ3n) is 3.97. The first kappa shape index (κ1) is 14.7. The zero-order valence-corrected chi connectivity index (χ0v) is 13.9. The summed E-state index contributed by atoms with van der Waals surface area (Å²) >= 11 is 8.55. The van der Waals surface area contributed by atoms with Crippen LogP contribution in [0.15, 0.2) is 24.3 Å². The summed E-state index contributed by atoms with van der Waals surface area (Å²) in [4.78, 5) is 2.75.